The molecule has 1 atom stereocenters. The Hall–Kier alpha value is -0.540. The van der Waals surface area contributed by atoms with Gasteiger partial charge in [0.15, 0.2) is 0 Å². The van der Waals surface area contributed by atoms with Crippen LogP contribution < -0.4 is 0 Å². The highest BCUT2D eigenvalue weighted by Gasteiger charge is 2.16. The lowest BCUT2D eigenvalue weighted by Crippen LogP contribution is -2.08. The number of aliphatic hydroxyl groups excluding tert-OH is 1. The summed E-state index contributed by atoms with van der Waals surface area (Å²) < 4.78 is 0. The van der Waals surface area contributed by atoms with E-state index < -0.39 is 6.10 Å². The molecule has 1 aromatic rings. The molecule has 0 aromatic carbocycles. The second-order valence-corrected chi connectivity index (χ2v) is 6.20. The van der Waals surface area contributed by atoms with Gasteiger partial charge in [0.05, 0.1) is 11.1 Å². The van der Waals surface area contributed by atoms with Gasteiger partial charge in [0.1, 0.15) is 0 Å². The Morgan fingerprint density at radius 2 is 2.00 bits per heavy atom. The highest BCUT2D eigenvalue weighted by atomic mass is 32.2. The van der Waals surface area contributed by atoms with Gasteiger partial charge in [-0.3, -0.25) is 0 Å². The number of pyridine rings is 1. The van der Waals surface area contributed by atoms with Crippen LogP contribution >= 0.6 is 11.8 Å². The second kappa shape index (κ2) is 5.87. The molecule has 3 heteroatoms. The quantitative estimate of drug-likeness (QED) is 0.885. The van der Waals surface area contributed by atoms with Gasteiger partial charge in [0.2, 0.25) is 0 Å². The molecule has 0 saturated heterocycles. The lowest BCUT2D eigenvalue weighted by Gasteiger charge is -2.20. The summed E-state index contributed by atoms with van der Waals surface area (Å²) >= 11 is 1.91. The number of hydrogen-bond donors (Lipinski definition) is 1. The third kappa shape index (κ3) is 3.46. The number of aromatic nitrogens is 1. The third-order valence-corrected chi connectivity index (χ3v) is 4.66. The zero-order chi connectivity index (χ0) is 12.3. The number of aryl methyl sites for hydroxylation is 1. The molecule has 94 valence electrons. The molecule has 0 unspecified atom stereocenters. The smallest absolute Gasteiger partial charge is 0.0965 e. The molecular weight excluding hydrogens is 230 g/mol. The van der Waals surface area contributed by atoms with Gasteiger partial charge in [-0.15, -0.1) is 11.8 Å². The Labute approximate surface area is 108 Å². The summed E-state index contributed by atoms with van der Waals surface area (Å²) in [6.45, 7) is 3.77. The predicted octanol–water partition coefficient (Wildman–Crippen LogP) is 3.87. The largest absolute Gasteiger partial charge is 0.389 e. The van der Waals surface area contributed by atoms with E-state index in [-0.39, 0.29) is 0 Å². The van der Waals surface area contributed by atoms with Crippen molar-refractivity contribution in [2.24, 2.45) is 0 Å². The van der Waals surface area contributed by atoms with E-state index in [1.54, 1.807) is 6.92 Å². The van der Waals surface area contributed by atoms with Gasteiger partial charge in [-0.2, -0.15) is 0 Å². The zero-order valence-electron chi connectivity index (χ0n) is 10.6. The Balaban J connectivity index is 2.04. The number of hydrogen-bond acceptors (Lipinski definition) is 3. The SMILES string of the molecule is Cc1nc(SC2CCCCC2)ccc1[C@H](C)O. The minimum absolute atomic E-state index is 0.420. The maximum absolute atomic E-state index is 9.57. The summed E-state index contributed by atoms with van der Waals surface area (Å²) in [6.07, 6.45) is 6.35. The highest BCUT2D eigenvalue weighted by molar-refractivity contribution is 7.99. The van der Waals surface area contributed by atoms with Crippen LogP contribution in [0.25, 0.3) is 0 Å². The van der Waals surface area contributed by atoms with Gasteiger partial charge in [-0.05, 0) is 32.8 Å². The molecule has 1 fully saturated rings. The predicted molar refractivity (Wildman–Crippen MR) is 72.3 cm³/mol. The molecule has 0 spiro atoms. The zero-order valence-corrected chi connectivity index (χ0v) is 11.5. The topological polar surface area (TPSA) is 33.1 Å². The standard InChI is InChI=1S/C14H21NOS/c1-10-13(11(2)16)8-9-14(15-10)17-12-6-4-3-5-7-12/h8-9,11-12,16H,3-7H2,1-2H3/t11-/m0/s1. The summed E-state index contributed by atoms with van der Waals surface area (Å²) in [5, 5.41) is 11.4. The van der Waals surface area contributed by atoms with Crippen LogP contribution in [0.15, 0.2) is 17.2 Å². The molecule has 1 N–H and O–H groups in total. The van der Waals surface area contributed by atoms with Gasteiger partial charge >= 0.3 is 0 Å². The van der Waals surface area contributed by atoms with Crippen LogP contribution in [0, 0.1) is 6.92 Å². The van der Waals surface area contributed by atoms with E-state index in [4.69, 9.17) is 0 Å². The normalized spacial score (nSPS) is 19.2. The minimum atomic E-state index is -0.420. The van der Waals surface area contributed by atoms with Gasteiger partial charge < -0.3 is 5.11 Å². The molecule has 17 heavy (non-hydrogen) atoms. The van der Waals surface area contributed by atoms with E-state index in [1.165, 1.54) is 32.1 Å². The van der Waals surface area contributed by atoms with E-state index in [0.717, 1.165) is 21.5 Å². The molecule has 1 saturated carbocycles. The van der Waals surface area contributed by atoms with Crippen molar-refractivity contribution in [3.05, 3.63) is 23.4 Å². The van der Waals surface area contributed by atoms with Crippen molar-refractivity contribution in [2.75, 3.05) is 0 Å². The molecule has 0 bridgehead atoms. The van der Waals surface area contributed by atoms with Crippen LogP contribution in [0.2, 0.25) is 0 Å². The number of rotatable bonds is 3. The van der Waals surface area contributed by atoms with Crippen molar-refractivity contribution in [1.29, 1.82) is 0 Å². The fraction of sp³-hybridized carbons (Fsp3) is 0.643. The van der Waals surface area contributed by atoms with Gasteiger partial charge in [0.25, 0.3) is 0 Å². The molecule has 0 amide bonds. The van der Waals surface area contributed by atoms with E-state index in [9.17, 15) is 5.11 Å². The van der Waals surface area contributed by atoms with Crippen molar-refractivity contribution in [3.63, 3.8) is 0 Å². The monoisotopic (exact) mass is 251 g/mol. The van der Waals surface area contributed by atoms with Gasteiger partial charge in [0, 0.05) is 16.5 Å². The van der Waals surface area contributed by atoms with Crippen LogP contribution in [0.5, 0.6) is 0 Å². The molecule has 0 radical (unpaired) electrons. The average molecular weight is 251 g/mol. The fourth-order valence-corrected chi connectivity index (χ4v) is 3.66. The lowest BCUT2D eigenvalue weighted by molar-refractivity contribution is 0.198. The minimum Gasteiger partial charge on any atom is -0.389 e. The molecule has 0 aliphatic heterocycles. The number of thioether (sulfide) groups is 1. The first-order valence-electron chi connectivity index (χ1n) is 6.49. The Morgan fingerprint density at radius 1 is 1.29 bits per heavy atom. The van der Waals surface area contributed by atoms with Gasteiger partial charge in [-0.1, -0.05) is 25.3 Å². The van der Waals surface area contributed by atoms with E-state index >= 15 is 0 Å². The van der Waals surface area contributed by atoms with Crippen molar-refractivity contribution in [1.82, 2.24) is 4.98 Å². The maximum Gasteiger partial charge on any atom is 0.0965 e. The van der Waals surface area contributed by atoms with E-state index in [0.29, 0.717) is 0 Å². The summed E-state index contributed by atoms with van der Waals surface area (Å²) in [7, 11) is 0. The third-order valence-electron chi connectivity index (χ3n) is 3.39. The molecule has 1 aliphatic rings. The van der Waals surface area contributed by atoms with Crippen molar-refractivity contribution in [2.45, 2.75) is 62.3 Å². The molecule has 1 heterocycles. The first kappa shape index (κ1) is 12.9. The molecule has 2 nitrogen and oxygen atoms in total. The first-order valence-corrected chi connectivity index (χ1v) is 7.37. The Bertz CT molecular complexity index is 372. The lowest BCUT2D eigenvalue weighted by atomic mass is 10.0. The number of nitrogens with zero attached hydrogens (tertiary/aromatic N) is 1. The Kier molecular flexibility index (Phi) is 4.46. The molecule has 2 rings (SSSR count). The van der Waals surface area contributed by atoms with E-state index in [1.807, 2.05) is 30.8 Å². The average Bonchev–Trinajstić information content (AvgIpc) is 2.30. The molecule has 1 aromatic heterocycles. The summed E-state index contributed by atoms with van der Waals surface area (Å²) in [4.78, 5) is 4.59. The van der Waals surface area contributed by atoms with Crippen LogP contribution in [-0.2, 0) is 0 Å². The summed E-state index contributed by atoms with van der Waals surface area (Å²) in [5.74, 6) is 0. The van der Waals surface area contributed by atoms with Crippen LogP contribution in [0.1, 0.15) is 56.4 Å². The highest BCUT2D eigenvalue weighted by Crippen LogP contribution is 2.33. The van der Waals surface area contributed by atoms with Gasteiger partial charge in [-0.25, -0.2) is 4.98 Å². The molecule has 1 aliphatic carbocycles. The number of aliphatic hydroxyl groups is 1. The van der Waals surface area contributed by atoms with Crippen LogP contribution in [0.4, 0.5) is 0 Å². The summed E-state index contributed by atoms with van der Waals surface area (Å²) in [5.41, 5.74) is 1.90. The molecular formula is C14H21NOS. The first-order chi connectivity index (χ1) is 8.16. The van der Waals surface area contributed by atoms with Crippen molar-refractivity contribution < 1.29 is 5.11 Å². The second-order valence-electron chi connectivity index (χ2n) is 4.88. The fourth-order valence-electron chi connectivity index (χ4n) is 2.41. The van der Waals surface area contributed by atoms with Crippen molar-refractivity contribution >= 4 is 11.8 Å². The Morgan fingerprint density at radius 3 is 2.59 bits per heavy atom. The van der Waals surface area contributed by atoms with Crippen LogP contribution in [-0.4, -0.2) is 15.3 Å². The van der Waals surface area contributed by atoms with Crippen LogP contribution in [0.3, 0.4) is 0 Å². The van der Waals surface area contributed by atoms with Crippen molar-refractivity contribution in [3.8, 4) is 0 Å². The maximum atomic E-state index is 9.57. The summed E-state index contributed by atoms with van der Waals surface area (Å²) in [6, 6.07) is 4.06. The van der Waals surface area contributed by atoms with E-state index in [2.05, 4.69) is 4.98 Å².